The highest BCUT2D eigenvalue weighted by atomic mass is 32.1. The predicted octanol–water partition coefficient (Wildman–Crippen LogP) is 1.13. The van der Waals surface area contributed by atoms with Gasteiger partial charge in [-0.2, -0.15) is 0 Å². The molecule has 0 bridgehead atoms. The van der Waals surface area contributed by atoms with Crippen molar-refractivity contribution in [2.24, 2.45) is 0 Å². The van der Waals surface area contributed by atoms with Crippen LogP contribution in [0.3, 0.4) is 0 Å². The monoisotopic (exact) mass is 308 g/mol. The molecule has 7 nitrogen and oxygen atoms in total. The van der Waals surface area contributed by atoms with E-state index < -0.39 is 5.97 Å². The van der Waals surface area contributed by atoms with Gasteiger partial charge in [-0.1, -0.05) is 11.3 Å². The second-order valence-electron chi connectivity index (χ2n) is 4.74. The van der Waals surface area contributed by atoms with Crippen molar-refractivity contribution in [2.75, 3.05) is 7.05 Å². The lowest BCUT2D eigenvalue weighted by Crippen LogP contribution is -2.36. The number of carboxylic acid groups (broad SMARTS) is 1. The van der Waals surface area contributed by atoms with Gasteiger partial charge in [0.05, 0.1) is 6.20 Å². The van der Waals surface area contributed by atoms with E-state index in [0.717, 1.165) is 11.1 Å². The van der Waals surface area contributed by atoms with E-state index >= 15 is 0 Å². The number of amides is 1. The lowest BCUT2D eigenvalue weighted by atomic mass is 10.2. The first-order chi connectivity index (χ1) is 9.97. The summed E-state index contributed by atoms with van der Waals surface area (Å²) in [6.45, 7) is 1.65. The Labute approximate surface area is 125 Å². The van der Waals surface area contributed by atoms with Crippen LogP contribution < -0.4 is 0 Å². The van der Waals surface area contributed by atoms with Gasteiger partial charge in [0.1, 0.15) is 6.54 Å². The number of thiophene rings is 1. The molecule has 8 heteroatoms. The lowest BCUT2D eigenvalue weighted by molar-refractivity contribution is -0.137. The van der Waals surface area contributed by atoms with Crippen LogP contribution in [0.15, 0.2) is 23.7 Å². The molecule has 1 amide bonds. The molecule has 0 aliphatic rings. The molecule has 2 heterocycles. The molecule has 0 fully saturated rings. The summed E-state index contributed by atoms with van der Waals surface area (Å²) in [5.41, 5.74) is 0.150. The average Bonchev–Trinajstić information content (AvgIpc) is 3.08. The molecule has 0 aliphatic carbocycles. The number of hydrogen-bond acceptors (Lipinski definition) is 5. The van der Waals surface area contributed by atoms with Crippen molar-refractivity contribution in [1.82, 2.24) is 19.9 Å². The van der Waals surface area contributed by atoms with E-state index in [1.807, 2.05) is 24.4 Å². The normalized spacial score (nSPS) is 12.1. The van der Waals surface area contributed by atoms with Gasteiger partial charge in [0, 0.05) is 24.4 Å². The first kappa shape index (κ1) is 15.2. The Hall–Kier alpha value is -2.22. The van der Waals surface area contributed by atoms with Crippen LogP contribution in [0.5, 0.6) is 0 Å². The minimum Gasteiger partial charge on any atom is -0.480 e. The summed E-state index contributed by atoms with van der Waals surface area (Å²) in [5, 5.41) is 18.0. The zero-order valence-electron chi connectivity index (χ0n) is 11.8. The Bertz CT molecular complexity index is 623. The number of aliphatic carboxylic acids is 1. The number of aromatic nitrogens is 3. The van der Waals surface area contributed by atoms with Crippen molar-refractivity contribution in [2.45, 2.75) is 25.9 Å². The van der Waals surface area contributed by atoms with Crippen molar-refractivity contribution in [3.8, 4) is 0 Å². The number of carbonyl (C=O) groups excluding carboxylic acids is 1. The Balaban J connectivity index is 2.01. The molecule has 1 atom stereocenters. The van der Waals surface area contributed by atoms with Gasteiger partial charge in [-0.3, -0.25) is 9.59 Å². The molecule has 1 unspecified atom stereocenters. The summed E-state index contributed by atoms with van der Waals surface area (Å²) in [6.07, 6.45) is 2.12. The van der Waals surface area contributed by atoms with Gasteiger partial charge in [0.15, 0.2) is 5.69 Å². The number of rotatable bonds is 6. The molecule has 0 spiro atoms. The second kappa shape index (κ2) is 6.49. The van der Waals surface area contributed by atoms with E-state index in [9.17, 15) is 9.59 Å². The third-order valence-corrected chi connectivity index (χ3v) is 4.01. The Kier molecular flexibility index (Phi) is 4.69. The highest BCUT2D eigenvalue weighted by molar-refractivity contribution is 7.09. The van der Waals surface area contributed by atoms with E-state index in [1.165, 1.54) is 11.1 Å². The number of hydrogen-bond donors (Lipinski definition) is 1. The first-order valence-corrected chi connectivity index (χ1v) is 7.27. The molecule has 112 valence electrons. The predicted molar refractivity (Wildman–Crippen MR) is 77.2 cm³/mol. The van der Waals surface area contributed by atoms with E-state index in [-0.39, 0.29) is 24.2 Å². The molecule has 2 rings (SSSR count). The average molecular weight is 308 g/mol. The lowest BCUT2D eigenvalue weighted by Gasteiger charge is -2.23. The largest absolute Gasteiger partial charge is 0.480 e. The number of nitrogens with zero attached hydrogens (tertiary/aromatic N) is 4. The topological polar surface area (TPSA) is 88.3 Å². The van der Waals surface area contributed by atoms with Crippen LogP contribution >= 0.6 is 11.3 Å². The molecule has 0 saturated carbocycles. The van der Waals surface area contributed by atoms with Crippen LogP contribution in [-0.4, -0.2) is 50.0 Å². The summed E-state index contributed by atoms with van der Waals surface area (Å²) in [7, 11) is 1.71. The summed E-state index contributed by atoms with van der Waals surface area (Å²) in [5.74, 6) is -1.30. The third-order valence-electron chi connectivity index (χ3n) is 3.11. The zero-order valence-corrected chi connectivity index (χ0v) is 12.6. The Morgan fingerprint density at radius 3 is 2.90 bits per heavy atom. The van der Waals surface area contributed by atoms with E-state index in [1.54, 1.807) is 23.3 Å². The summed E-state index contributed by atoms with van der Waals surface area (Å²) in [4.78, 5) is 25.7. The SMILES string of the molecule is CC(Cc1cccs1)N(C)C(=O)c1cn(CC(=O)O)nn1. The van der Waals surface area contributed by atoms with Gasteiger partial charge in [-0.15, -0.1) is 16.4 Å². The molecular formula is C13H16N4O3S. The molecule has 0 saturated heterocycles. The van der Waals surface area contributed by atoms with Gasteiger partial charge >= 0.3 is 5.97 Å². The van der Waals surface area contributed by atoms with E-state index in [4.69, 9.17) is 5.11 Å². The van der Waals surface area contributed by atoms with Crippen molar-refractivity contribution in [3.05, 3.63) is 34.3 Å². The fraction of sp³-hybridized carbons (Fsp3) is 0.385. The maximum Gasteiger partial charge on any atom is 0.325 e. The number of carboxylic acids is 1. The maximum absolute atomic E-state index is 12.3. The first-order valence-electron chi connectivity index (χ1n) is 6.39. The van der Waals surface area contributed by atoms with E-state index in [2.05, 4.69) is 10.3 Å². The molecule has 21 heavy (non-hydrogen) atoms. The van der Waals surface area contributed by atoms with Crippen molar-refractivity contribution >= 4 is 23.2 Å². The quantitative estimate of drug-likeness (QED) is 0.864. The molecule has 1 N–H and O–H groups in total. The summed E-state index contributed by atoms with van der Waals surface area (Å²) in [6, 6.07) is 4.02. The molecule has 0 aliphatic heterocycles. The van der Waals surface area contributed by atoms with Gasteiger partial charge in [-0.05, 0) is 18.4 Å². The van der Waals surface area contributed by atoms with Crippen LogP contribution in [0.4, 0.5) is 0 Å². The highest BCUT2D eigenvalue weighted by Crippen LogP contribution is 2.14. The van der Waals surface area contributed by atoms with Gasteiger partial charge in [-0.25, -0.2) is 4.68 Å². The minimum atomic E-state index is -1.03. The van der Waals surface area contributed by atoms with Crippen molar-refractivity contribution in [3.63, 3.8) is 0 Å². The number of likely N-dealkylation sites (N-methyl/N-ethyl adjacent to an activating group) is 1. The van der Waals surface area contributed by atoms with Gasteiger partial charge in [0.25, 0.3) is 5.91 Å². The minimum absolute atomic E-state index is 0.0146. The smallest absolute Gasteiger partial charge is 0.325 e. The fourth-order valence-electron chi connectivity index (χ4n) is 1.85. The zero-order chi connectivity index (χ0) is 15.4. The number of carbonyl (C=O) groups is 2. The molecule has 0 radical (unpaired) electrons. The van der Waals surface area contributed by atoms with Gasteiger partial charge in [0.2, 0.25) is 0 Å². The standard InChI is InChI=1S/C13H16N4O3S/c1-9(6-10-4-3-5-21-10)16(2)13(20)11-7-17(15-14-11)8-12(18)19/h3-5,7,9H,6,8H2,1-2H3,(H,18,19). The molecule has 0 aromatic carbocycles. The van der Waals surface area contributed by atoms with Crippen LogP contribution in [-0.2, 0) is 17.8 Å². The van der Waals surface area contributed by atoms with Gasteiger partial charge < -0.3 is 10.0 Å². The maximum atomic E-state index is 12.3. The summed E-state index contributed by atoms with van der Waals surface area (Å²) < 4.78 is 1.13. The third kappa shape index (κ3) is 3.88. The fourth-order valence-corrected chi connectivity index (χ4v) is 2.68. The highest BCUT2D eigenvalue weighted by Gasteiger charge is 2.21. The van der Waals surface area contributed by atoms with Crippen molar-refractivity contribution in [1.29, 1.82) is 0 Å². The van der Waals surface area contributed by atoms with E-state index in [0.29, 0.717) is 0 Å². The molecule has 2 aromatic rings. The van der Waals surface area contributed by atoms with Crippen LogP contribution in [0, 0.1) is 0 Å². The van der Waals surface area contributed by atoms with Crippen LogP contribution in [0.2, 0.25) is 0 Å². The second-order valence-corrected chi connectivity index (χ2v) is 5.78. The Morgan fingerprint density at radius 1 is 1.52 bits per heavy atom. The molecule has 2 aromatic heterocycles. The molecular weight excluding hydrogens is 292 g/mol. The van der Waals surface area contributed by atoms with Crippen molar-refractivity contribution < 1.29 is 14.7 Å². The summed E-state index contributed by atoms with van der Waals surface area (Å²) >= 11 is 1.65. The van der Waals surface area contributed by atoms with Crippen LogP contribution in [0.1, 0.15) is 22.3 Å². The van der Waals surface area contributed by atoms with Crippen LogP contribution in [0.25, 0.3) is 0 Å². The Morgan fingerprint density at radius 2 is 2.29 bits per heavy atom.